The second-order valence-corrected chi connectivity index (χ2v) is 15.6. The predicted octanol–water partition coefficient (Wildman–Crippen LogP) is 5.49. The Kier molecular flexibility index (Phi) is 13.9. The molecule has 2 fully saturated rings. The summed E-state index contributed by atoms with van der Waals surface area (Å²) in [6.07, 6.45) is 6.52. The zero-order chi connectivity index (χ0) is 43.8. The number of benzene rings is 3. The Morgan fingerprint density at radius 1 is 0.871 bits per heavy atom. The van der Waals surface area contributed by atoms with E-state index in [9.17, 15) is 28.8 Å². The molecule has 0 aliphatic carbocycles. The van der Waals surface area contributed by atoms with Crippen molar-refractivity contribution in [1.29, 1.82) is 0 Å². The number of ether oxygens (including phenoxy) is 1. The van der Waals surface area contributed by atoms with Crippen molar-refractivity contribution in [3.05, 3.63) is 88.6 Å². The van der Waals surface area contributed by atoms with Gasteiger partial charge in [0.2, 0.25) is 23.7 Å². The molecule has 4 heterocycles. The van der Waals surface area contributed by atoms with Gasteiger partial charge in [-0.15, -0.1) is 0 Å². The molecule has 17 nitrogen and oxygen atoms in total. The van der Waals surface area contributed by atoms with Gasteiger partial charge in [-0.1, -0.05) is 49.1 Å². The number of aromatic nitrogens is 2. The first-order valence-electron chi connectivity index (χ1n) is 20.7. The second-order valence-electron chi connectivity index (χ2n) is 15.2. The van der Waals surface area contributed by atoms with Crippen molar-refractivity contribution >= 4 is 81.6 Å². The van der Waals surface area contributed by atoms with Crippen LogP contribution in [-0.2, 0) is 14.4 Å². The van der Waals surface area contributed by atoms with E-state index in [-0.39, 0.29) is 47.9 Å². The Hall–Kier alpha value is -6.59. The number of methoxy groups -OCH3 is 1. The Morgan fingerprint density at radius 3 is 2.40 bits per heavy atom. The van der Waals surface area contributed by atoms with Gasteiger partial charge in [0.05, 0.1) is 47.1 Å². The molecule has 1 unspecified atom stereocenters. The minimum atomic E-state index is -1.07. The average Bonchev–Trinajstić information content (AvgIpc) is 3.53. The van der Waals surface area contributed by atoms with Crippen molar-refractivity contribution in [2.24, 2.45) is 0 Å². The number of fused-ring (bicyclic) bond motifs is 1. The van der Waals surface area contributed by atoms with Crippen LogP contribution in [-0.4, -0.2) is 108 Å². The third-order valence-electron chi connectivity index (χ3n) is 11.2. The lowest BCUT2D eigenvalue weighted by molar-refractivity contribution is -0.136. The van der Waals surface area contributed by atoms with Gasteiger partial charge in [0.25, 0.3) is 17.7 Å². The maximum atomic E-state index is 13.3. The topological polar surface area (TPSA) is 207 Å². The van der Waals surface area contributed by atoms with Gasteiger partial charge in [0.1, 0.15) is 16.8 Å². The van der Waals surface area contributed by atoms with Gasteiger partial charge >= 0.3 is 0 Å². The number of nitrogens with zero attached hydrogens (tertiary/aromatic N) is 5. The van der Waals surface area contributed by atoms with Crippen LogP contribution in [0.4, 0.5) is 34.5 Å². The molecule has 62 heavy (non-hydrogen) atoms. The predicted molar refractivity (Wildman–Crippen MR) is 235 cm³/mol. The highest BCUT2D eigenvalue weighted by Gasteiger charge is 2.45. The number of hydrogen-bond donors (Lipinski definition) is 5. The fourth-order valence-electron chi connectivity index (χ4n) is 7.88. The first-order valence-corrected chi connectivity index (χ1v) is 21.1. The normalized spacial score (nSPS) is 16.5. The summed E-state index contributed by atoms with van der Waals surface area (Å²) < 4.78 is 5.75. The number of rotatable bonds is 17. The molecule has 5 N–H and O–H groups in total. The summed E-state index contributed by atoms with van der Waals surface area (Å²) in [6.45, 7) is 4.61. The number of halogens is 1. The van der Waals surface area contributed by atoms with E-state index in [1.807, 2.05) is 24.3 Å². The van der Waals surface area contributed by atoms with E-state index in [0.29, 0.717) is 45.9 Å². The summed E-state index contributed by atoms with van der Waals surface area (Å²) in [5, 5.41) is 14.3. The standard InChI is InChI=1S/C44H49ClN10O7/c1-46-40(58)28-11-7-8-13-31(28)49-39-30(45)26-47-44(52-39)50-32-17-16-27(25-35(32)62-2)54-23-21-53(22-24-54)20-9-5-3-4-6-15-36(56)48-33-14-10-12-29-38(33)43(61)55(42(29)60)34-18-19-37(57)51-41(34)59/h7-8,10-14,16-17,25-26,34H,3-6,9,15,18-24H2,1-2H3,(H,46,58)(H,48,56)(H,51,57,59)(H2,47,49,50,52). The first-order chi connectivity index (χ1) is 30.0. The zero-order valence-electron chi connectivity index (χ0n) is 34.6. The number of carbonyl (C=O) groups excluding carboxylic acids is 6. The van der Waals surface area contributed by atoms with Crippen LogP contribution in [0.5, 0.6) is 5.75 Å². The minimum Gasteiger partial charge on any atom is -0.494 e. The Labute approximate surface area is 363 Å². The number of anilines is 6. The van der Waals surface area contributed by atoms with Crippen LogP contribution < -0.4 is 36.2 Å². The van der Waals surface area contributed by atoms with E-state index in [1.54, 1.807) is 44.5 Å². The van der Waals surface area contributed by atoms with Crippen LogP contribution in [0.15, 0.2) is 66.9 Å². The summed E-state index contributed by atoms with van der Waals surface area (Å²) in [4.78, 5) is 90.3. The van der Waals surface area contributed by atoms with Crippen molar-refractivity contribution < 1.29 is 33.5 Å². The molecule has 4 aromatic rings. The second kappa shape index (κ2) is 19.9. The van der Waals surface area contributed by atoms with Gasteiger partial charge in [-0.3, -0.25) is 43.9 Å². The molecule has 0 saturated carbocycles. The van der Waals surface area contributed by atoms with E-state index < -0.39 is 29.7 Å². The van der Waals surface area contributed by atoms with Crippen molar-refractivity contribution in [2.45, 2.75) is 57.4 Å². The Bertz CT molecular complexity index is 2370. The number of piperidine rings is 1. The molecular weight excluding hydrogens is 816 g/mol. The van der Waals surface area contributed by atoms with Gasteiger partial charge in [0, 0.05) is 57.8 Å². The van der Waals surface area contributed by atoms with Gasteiger partial charge in [-0.2, -0.15) is 4.98 Å². The molecule has 18 heteroatoms. The summed E-state index contributed by atoms with van der Waals surface area (Å²) in [6, 6.07) is 16.6. The van der Waals surface area contributed by atoms with Gasteiger partial charge in [0.15, 0.2) is 5.82 Å². The number of piperazine rings is 1. The van der Waals surface area contributed by atoms with Crippen LogP contribution >= 0.6 is 11.6 Å². The molecule has 1 atom stereocenters. The van der Waals surface area contributed by atoms with Gasteiger partial charge in [-0.25, -0.2) is 4.98 Å². The third kappa shape index (κ3) is 9.95. The van der Waals surface area contributed by atoms with E-state index in [2.05, 4.69) is 46.4 Å². The molecule has 0 bridgehead atoms. The Morgan fingerprint density at radius 2 is 1.63 bits per heavy atom. The van der Waals surface area contributed by atoms with Crippen molar-refractivity contribution in [1.82, 2.24) is 30.4 Å². The minimum absolute atomic E-state index is 0.0317. The van der Waals surface area contributed by atoms with Gasteiger partial charge < -0.3 is 30.9 Å². The lowest BCUT2D eigenvalue weighted by Crippen LogP contribution is -2.54. The summed E-state index contributed by atoms with van der Waals surface area (Å²) in [7, 11) is 3.19. The summed E-state index contributed by atoms with van der Waals surface area (Å²) in [5.41, 5.74) is 3.17. The fourth-order valence-corrected chi connectivity index (χ4v) is 8.02. The molecule has 0 radical (unpaired) electrons. The summed E-state index contributed by atoms with van der Waals surface area (Å²) >= 11 is 6.43. The van der Waals surface area contributed by atoms with Crippen LogP contribution in [0.25, 0.3) is 0 Å². The number of imide groups is 2. The van der Waals surface area contributed by atoms with Crippen molar-refractivity contribution in [3.8, 4) is 5.75 Å². The quantitative estimate of drug-likeness (QED) is 0.0659. The third-order valence-corrected chi connectivity index (χ3v) is 11.5. The van der Waals surface area contributed by atoms with Crippen LogP contribution in [0, 0.1) is 0 Å². The molecule has 7 rings (SSSR count). The number of amides is 6. The lowest BCUT2D eigenvalue weighted by atomic mass is 10.0. The van der Waals surface area contributed by atoms with Crippen LogP contribution in [0.3, 0.4) is 0 Å². The molecule has 2 saturated heterocycles. The smallest absolute Gasteiger partial charge is 0.264 e. The number of carbonyl (C=O) groups is 6. The van der Waals surface area contributed by atoms with Gasteiger partial charge in [-0.05, 0) is 62.2 Å². The molecule has 324 valence electrons. The highest BCUT2D eigenvalue weighted by molar-refractivity contribution is 6.33. The maximum absolute atomic E-state index is 13.3. The molecule has 6 amide bonds. The lowest BCUT2D eigenvalue weighted by Gasteiger charge is -2.36. The summed E-state index contributed by atoms with van der Waals surface area (Å²) in [5.74, 6) is -1.61. The maximum Gasteiger partial charge on any atom is 0.264 e. The van der Waals surface area contributed by atoms with Crippen molar-refractivity contribution in [2.75, 3.05) is 67.7 Å². The van der Waals surface area contributed by atoms with E-state index in [4.69, 9.17) is 16.3 Å². The fraction of sp³-hybridized carbons (Fsp3) is 0.364. The SMILES string of the molecule is CNC(=O)c1ccccc1Nc1nc(Nc2ccc(N3CCN(CCCCCCCC(=O)Nc4cccc5c4C(=O)N(C4CCC(=O)NC4=O)C5=O)CC3)cc2OC)ncc1Cl. The zero-order valence-corrected chi connectivity index (χ0v) is 35.3. The highest BCUT2D eigenvalue weighted by atomic mass is 35.5. The Balaban J connectivity index is 0.815. The molecule has 1 aromatic heterocycles. The van der Waals surface area contributed by atoms with E-state index in [0.717, 1.165) is 69.0 Å². The van der Waals surface area contributed by atoms with E-state index in [1.165, 1.54) is 12.3 Å². The largest absolute Gasteiger partial charge is 0.494 e. The molecule has 3 aromatic carbocycles. The highest BCUT2D eigenvalue weighted by Crippen LogP contribution is 2.35. The van der Waals surface area contributed by atoms with E-state index >= 15 is 0 Å². The van der Waals surface area contributed by atoms with Crippen LogP contribution in [0.1, 0.15) is 82.4 Å². The number of hydrogen-bond acceptors (Lipinski definition) is 13. The average molecular weight is 865 g/mol. The monoisotopic (exact) mass is 864 g/mol. The van der Waals surface area contributed by atoms with Crippen molar-refractivity contribution in [3.63, 3.8) is 0 Å². The molecular formula is C44H49ClN10O7. The number of nitrogens with one attached hydrogen (secondary N) is 5. The molecule has 3 aliphatic heterocycles. The number of para-hydroxylation sites is 1. The number of unbranched alkanes of at least 4 members (excludes halogenated alkanes) is 4. The van der Waals surface area contributed by atoms with Crippen LogP contribution in [0.2, 0.25) is 5.02 Å². The molecule has 3 aliphatic rings. The first kappa shape index (κ1) is 43.5. The molecule has 0 spiro atoms.